The number of aryl methyl sites for hydroxylation is 1. The van der Waals surface area contributed by atoms with Crippen molar-refractivity contribution < 1.29 is 19.1 Å². The molecule has 1 aromatic rings. The van der Waals surface area contributed by atoms with Crippen molar-refractivity contribution in [1.82, 2.24) is 25.3 Å². The van der Waals surface area contributed by atoms with Crippen molar-refractivity contribution in [2.24, 2.45) is 0 Å². The normalized spacial score (nSPS) is 19.5. The Bertz CT molecular complexity index is 961. The van der Waals surface area contributed by atoms with E-state index in [0.717, 1.165) is 24.1 Å². The van der Waals surface area contributed by atoms with Crippen LogP contribution >= 0.6 is 0 Å². The number of likely N-dealkylation sites (N-methyl/N-ethyl adjacent to an activating group) is 1. The summed E-state index contributed by atoms with van der Waals surface area (Å²) >= 11 is 0. The predicted octanol–water partition coefficient (Wildman–Crippen LogP) is 3.02. The molecular formula is C26H39N5O4. The molecule has 2 N–H and O–H groups in total. The summed E-state index contributed by atoms with van der Waals surface area (Å²) in [4.78, 5) is 44.6. The van der Waals surface area contributed by atoms with E-state index in [1.165, 1.54) is 0 Å². The number of hydrogen-bond acceptors (Lipinski definition) is 5. The van der Waals surface area contributed by atoms with Gasteiger partial charge in [-0.1, -0.05) is 29.8 Å². The zero-order valence-electron chi connectivity index (χ0n) is 21.6. The summed E-state index contributed by atoms with van der Waals surface area (Å²) in [6.45, 7) is 13.3. The fourth-order valence-corrected chi connectivity index (χ4v) is 4.64. The second kappa shape index (κ2) is 12.1. The Labute approximate surface area is 208 Å². The predicted molar refractivity (Wildman–Crippen MR) is 135 cm³/mol. The van der Waals surface area contributed by atoms with Crippen LogP contribution in [0, 0.1) is 6.92 Å². The highest BCUT2D eigenvalue weighted by molar-refractivity contribution is 5.95. The van der Waals surface area contributed by atoms with Gasteiger partial charge in [0.15, 0.2) is 0 Å². The number of urea groups is 2. The molecule has 4 amide bonds. The summed E-state index contributed by atoms with van der Waals surface area (Å²) < 4.78 is 5.47. The third kappa shape index (κ3) is 6.54. The first-order valence-electron chi connectivity index (χ1n) is 12.6. The number of carbonyl (C=O) groups excluding carboxylic acids is 3. The molecule has 1 aromatic carbocycles. The molecule has 1 atom stereocenters. The molecule has 0 aromatic heterocycles. The Morgan fingerprint density at radius 1 is 1.17 bits per heavy atom. The molecule has 2 heterocycles. The van der Waals surface area contributed by atoms with Crippen LogP contribution in [0.2, 0.25) is 0 Å². The van der Waals surface area contributed by atoms with Gasteiger partial charge in [-0.15, -0.1) is 0 Å². The molecule has 192 valence electrons. The van der Waals surface area contributed by atoms with Crippen molar-refractivity contribution in [2.75, 3.05) is 45.9 Å². The SMILES string of the molecule is CCOC(=O)C1=C(CN2CCCN(C(=O)NC(C)C)CC2)N(CC)C(=O)N[C@H]1c1cccc(C)c1. The van der Waals surface area contributed by atoms with Gasteiger partial charge in [0.05, 0.1) is 18.2 Å². The van der Waals surface area contributed by atoms with E-state index >= 15 is 0 Å². The standard InChI is InChI=1S/C26H39N5O4/c1-6-31-21(17-29-12-9-13-30(15-14-29)25(33)27-18(3)4)22(24(32)35-7-2)23(28-26(31)34)20-11-8-10-19(5)16-20/h8,10-11,16,18,23H,6-7,9,12-15,17H2,1-5H3,(H,27,33)(H,28,34)/t23-/m0/s1. The van der Waals surface area contributed by atoms with Crippen LogP contribution in [0.3, 0.4) is 0 Å². The van der Waals surface area contributed by atoms with Crippen LogP contribution in [0.4, 0.5) is 9.59 Å². The summed E-state index contributed by atoms with van der Waals surface area (Å²) in [6, 6.07) is 7.04. The molecular weight excluding hydrogens is 446 g/mol. The van der Waals surface area contributed by atoms with Crippen LogP contribution in [-0.2, 0) is 9.53 Å². The van der Waals surface area contributed by atoms with Crippen molar-refractivity contribution in [3.63, 3.8) is 0 Å². The minimum absolute atomic E-state index is 0.0555. The van der Waals surface area contributed by atoms with Gasteiger partial charge in [0.2, 0.25) is 0 Å². The summed E-state index contributed by atoms with van der Waals surface area (Å²) in [5, 5.41) is 5.98. The third-order valence-electron chi connectivity index (χ3n) is 6.29. The van der Waals surface area contributed by atoms with Crippen molar-refractivity contribution >= 4 is 18.0 Å². The molecule has 0 radical (unpaired) electrons. The van der Waals surface area contributed by atoms with Gasteiger partial charge in [0, 0.05) is 51.0 Å². The van der Waals surface area contributed by atoms with Crippen molar-refractivity contribution in [2.45, 2.75) is 53.1 Å². The highest BCUT2D eigenvalue weighted by Crippen LogP contribution is 2.32. The van der Waals surface area contributed by atoms with Gasteiger partial charge in [0.1, 0.15) is 0 Å². The number of nitrogens with zero attached hydrogens (tertiary/aromatic N) is 3. The monoisotopic (exact) mass is 485 g/mol. The second-order valence-corrected chi connectivity index (χ2v) is 9.34. The van der Waals surface area contributed by atoms with Gasteiger partial charge in [-0.05, 0) is 46.6 Å². The van der Waals surface area contributed by atoms with E-state index in [1.54, 1.807) is 11.8 Å². The Balaban J connectivity index is 1.93. The molecule has 1 saturated heterocycles. The molecule has 0 saturated carbocycles. The molecule has 35 heavy (non-hydrogen) atoms. The van der Waals surface area contributed by atoms with Crippen LogP contribution in [0.15, 0.2) is 35.5 Å². The number of benzene rings is 1. The van der Waals surface area contributed by atoms with Gasteiger partial charge < -0.3 is 20.3 Å². The smallest absolute Gasteiger partial charge is 0.338 e. The molecule has 1 fully saturated rings. The Morgan fingerprint density at radius 2 is 1.94 bits per heavy atom. The molecule has 9 heteroatoms. The van der Waals surface area contributed by atoms with Crippen LogP contribution < -0.4 is 10.6 Å². The number of hydrogen-bond donors (Lipinski definition) is 2. The van der Waals surface area contributed by atoms with Crippen molar-refractivity contribution in [3.05, 3.63) is 46.7 Å². The van der Waals surface area contributed by atoms with Crippen LogP contribution in [0.5, 0.6) is 0 Å². The van der Waals surface area contributed by atoms with Gasteiger partial charge in [-0.2, -0.15) is 0 Å². The van der Waals surface area contributed by atoms with Crippen LogP contribution in [0.25, 0.3) is 0 Å². The van der Waals surface area contributed by atoms with Gasteiger partial charge in [-0.25, -0.2) is 14.4 Å². The first-order chi connectivity index (χ1) is 16.7. The third-order valence-corrected chi connectivity index (χ3v) is 6.29. The molecule has 2 aliphatic heterocycles. The summed E-state index contributed by atoms with van der Waals surface area (Å²) in [7, 11) is 0. The van der Waals surface area contributed by atoms with E-state index in [1.807, 2.05) is 56.9 Å². The minimum Gasteiger partial charge on any atom is -0.463 e. The maximum absolute atomic E-state index is 13.3. The highest BCUT2D eigenvalue weighted by atomic mass is 16.5. The van der Waals surface area contributed by atoms with E-state index in [-0.39, 0.29) is 24.7 Å². The maximum atomic E-state index is 13.3. The van der Waals surface area contributed by atoms with Gasteiger partial charge in [0.25, 0.3) is 0 Å². The number of rotatable bonds is 7. The summed E-state index contributed by atoms with van der Waals surface area (Å²) in [5.41, 5.74) is 3.03. The van der Waals surface area contributed by atoms with Gasteiger partial charge in [-0.3, -0.25) is 9.80 Å². The Kier molecular flexibility index (Phi) is 9.14. The maximum Gasteiger partial charge on any atom is 0.338 e. The van der Waals surface area contributed by atoms with E-state index < -0.39 is 12.0 Å². The number of ether oxygens (including phenoxy) is 1. The molecule has 0 bridgehead atoms. The number of carbonyl (C=O) groups is 3. The molecule has 9 nitrogen and oxygen atoms in total. The molecule has 0 spiro atoms. The molecule has 0 unspecified atom stereocenters. The minimum atomic E-state index is -0.584. The number of amides is 4. The second-order valence-electron chi connectivity index (χ2n) is 9.34. The number of nitrogens with one attached hydrogen (secondary N) is 2. The largest absolute Gasteiger partial charge is 0.463 e. The molecule has 3 rings (SSSR count). The molecule has 0 aliphatic carbocycles. The average Bonchev–Trinajstić information content (AvgIpc) is 3.04. The first kappa shape index (κ1) is 26.5. The lowest BCUT2D eigenvalue weighted by atomic mass is 9.93. The van der Waals surface area contributed by atoms with Gasteiger partial charge >= 0.3 is 18.0 Å². The fourth-order valence-electron chi connectivity index (χ4n) is 4.64. The lowest BCUT2D eigenvalue weighted by molar-refractivity contribution is -0.139. The molecule has 2 aliphatic rings. The zero-order chi connectivity index (χ0) is 25.5. The van der Waals surface area contributed by atoms with E-state index in [9.17, 15) is 14.4 Å². The van der Waals surface area contributed by atoms with Crippen LogP contribution in [-0.4, -0.2) is 84.6 Å². The highest BCUT2D eigenvalue weighted by Gasteiger charge is 2.38. The van der Waals surface area contributed by atoms with E-state index in [4.69, 9.17) is 4.74 Å². The topological polar surface area (TPSA) is 94.2 Å². The van der Waals surface area contributed by atoms with E-state index in [0.29, 0.717) is 44.0 Å². The lowest BCUT2D eigenvalue weighted by Gasteiger charge is -2.38. The fraction of sp³-hybridized carbons (Fsp3) is 0.577. The Hall–Kier alpha value is -3.07. The Morgan fingerprint density at radius 3 is 2.60 bits per heavy atom. The zero-order valence-corrected chi connectivity index (χ0v) is 21.6. The average molecular weight is 486 g/mol. The van der Waals surface area contributed by atoms with E-state index in [2.05, 4.69) is 15.5 Å². The summed E-state index contributed by atoms with van der Waals surface area (Å²) in [5.74, 6) is -0.416. The van der Waals surface area contributed by atoms with Crippen molar-refractivity contribution in [1.29, 1.82) is 0 Å². The van der Waals surface area contributed by atoms with Crippen LogP contribution in [0.1, 0.15) is 51.3 Å². The number of esters is 1. The lowest BCUT2D eigenvalue weighted by Crippen LogP contribution is -2.51. The first-order valence-corrected chi connectivity index (χ1v) is 12.6. The summed E-state index contributed by atoms with van der Waals surface area (Å²) in [6.07, 6.45) is 0.813. The quantitative estimate of drug-likeness (QED) is 0.579. The van der Waals surface area contributed by atoms with Crippen molar-refractivity contribution in [3.8, 4) is 0 Å².